The summed E-state index contributed by atoms with van der Waals surface area (Å²) in [7, 11) is 0. The number of carbonyl (C=O) groups is 3. The normalized spacial score (nSPS) is 13.6. The first-order valence-electron chi connectivity index (χ1n) is 17.8. The lowest BCUT2D eigenvalue weighted by Gasteiger charge is -2.38. The molecule has 3 heterocycles. The van der Waals surface area contributed by atoms with E-state index >= 15 is 0 Å². The maximum atomic E-state index is 13.5. The number of rotatable bonds is 11. The molecule has 1 fully saturated rings. The van der Waals surface area contributed by atoms with E-state index in [2.05, 4.69) is 32.8 Å². The van der Waals surface area contributed by atoms with E-state index in [1.807, 2.05) is 87.2 Å². The second-order valence-electron chi connectivity index (χ2n) is 13.8. The Kier molecular flexibility index (Phi) is 11.4. The van der Waals surface area contributed by atoms with E-state index < -0.39 is 18.2 Å². The van der Waals surface area contributed by atoms with Crippen molar-refractivity contribution in [1.82, 2.24) is 24.8 Å². The highest BCUT2D eigenvalue weighted by molar-refractivity contribution is 5.87. The summed E-state index contributed by atoms with van der Waals surface area (Å²) in [5.41, 5.74) is 13.1. The number of benzene rings is 3. The molecule has 53 heavy (non-hydrogen) atoms. The molecule has 1 saturated heterocycles. The van der Waals surface area contributed by atoms with Crippen molar-refractivity contribution in [3.8, 4) is 22.3 Å². The van der Waals surface area contributed by atoms with Crippen LogP contribution in [0.3, 0.4) is 0 Å². The number of fused-ring (bicyclic) bond motifs is 1. The van der Waals surface area contributed by atoms with E-state index in [1.165, 1.54) is 0 Å². The molecule has 1 aliphatic rings. The lowest BCUT2D eigenvalue weighted by Crippen LogP contribution is -2.56. The van der Waals surface area contributed by atoms with Crippen LogP contribution in [0.2, 0.25) is 0 Å². The van der Waals surface area contributed by atoms with Gasteiger partial charge in [-0.25, -0.2) is 14.6 Å². The summed E-state index contributed by atoms with van der Waals surface area (Å²) in [6.07, 6.45) is 2.39. The van der Waals surface area contributed by atoms with Crippen molar-refractivity contribution in [3.63, 3.8) is 0 Å². The van der Waals surface area contributed by atoms with E-state index in [4.69, 9.17) is 20.2 Å². The van der Waals surface area contributed by atoms with Gasteiger partial charge in [-0.3, -0.25) is 10.1 Å². The summed E-state index contributed by atoms with van der Waals surface area (Å²) >= 11 is 0. The fourth-order valence-electron chi connectivity index (χ4n) is 6.14. The Balaban J connectivity index is 1.05. The number of nitrogens with two attached hydrogens (primary N) is 1. The summed E-state index contributed by atoms with van der Waals surface area (Å²) in [5.74, 6) is 0.488. The first-order chi connectivity index (χ1) is 25.6. The van der Waals surface area contributed by atoms with Crippen molar-refractivity contribution in [3.05, 3.63) is 96.8 Å². The Morgan fingerprint density at radius 2 is 1.45 bits per heavy atom. The van der Waals surface area contributed by atoms with Gasteiger partial charge in [0, 0.05) is 54.9 Å². The zero-order valence-electron chi connectivity index (χ0n) is 30.5. The third kappa shape index (κ3) is 8.86. The number of piperazine rings is 1. The van der Waals surface area contributed by atoms with Crippen molar-refractivity contribution in [2.45, 2.75) is 40.3 Å². The minimum atomic E-state index is -0.678. The number of amides is 3. The van der Waals surface area contributed by atoms with Crippen LogP contribution in [0.4, 0.5) is 26.8 Å². The van der Waals surface area contributed by atoms with Crippen molar-refractivity contribution in [1.29, 1.82) is 0 Å². The molecule has 3 aromatic carbocycles. The standard InChI is InChI=1S/C40H46N8O5/c1-26(2)24-52-39(50)44-31-14-10-29(11-15-31)33-22-42-37-34(23-43-48(37)36(33)41)30-12-16-32(17-13-30)46-18-20-47(21-19-46)38(49)35(27(3)4)45-40(51)53-25-28-8-6-5-7-9-28/h5-17,22-23,26-27,35H,18-21,24-25,41H2,1-4H3,(H,44,50)(H,45,51)/t35-/m0/s1. The van der Waals surface area contributed by atoms with Crippen LogP contribution in [0.25, 0.3) is 27.9 Å². The highest BCUT2D eigenvalue weighted by Crippen LogP contribution is 2.32. The molecule has 1 atom stereocenters. The highest BCUT2D eigenvalue weighted by Gasteiger charge is 2.31. The maximum Gasteiger partial charge on any atom is 0.411 e. The van der Waals surface area contributed by atoms with Crippen LogP contribution < -0.4 is 21.3 Å². The number of nitrogens with zero attached hydrogens (tertiary/aromatic N) is 5. The van der Waals surface area contributed by atoms with Crippen molar-refractivity contribution in [2.24, 2.45) is 11.8 Å². The number of hydrogen-bond donors (Lipinski definition) is 3. The fourth-order valence-corrected chi connectivity index (χ4v) is 6.14. The minimum absolute atomic E-state index is 0.101. The second-order valence-corrected chi connectivity index (χ2v) is 13.8. The van der Waals surface area contributed by atoms with Gasteiger partial charge in [-0.2, -0.15) is 9.61 Å². The van der Waals surface area contributed by atoms with Gasteiger partial charge in [-0.15, -0.1) is 0 Å². The van der Waals surface area contributed by atoms with E-state index in [0.29, 0.717) is 55.5 Å². The molecule has 0 aliphatic carbocycles. The summed E-state index contributed by atoms with van der Waals surface area (Å²) in [6.45, 7) is 10.7. The Hall–Kier alpha value is -6.11. The molecule has 13 nitrogen and oxygen atoms in total. The van der Waals surface area contributed by atoms with Crippen LogP contribution in [-0.2, 0) is 20.9 Å². The minimum Gasteiger partial charge on any atom is -0.449 e. The average Bonchev–Trinajstić information content (AvgIpc) is 3.61. The predicted octanol–water partition coefficient (Wildman–Crippen LogP) is 6.45. The quantitative estimate of drug-likeness (QED) is 0.140. The zero-order chi connectivity index (χ0) is 37.5. The molecule has 4 N–H and O–H groups in total. The molecule has 0 spiro atoms. The Labute approximate surface area is 309 Å². The average molecular weight is 719 g/mol. The number of nitrogens with one attached hydrogen (secondary N) is 2. The molecule has 6 rings (SSSR count). The van der Waals surface area contributed by atoms with Gasteiger partial charge in [0.25, 0.3) is 0 Å². The lowest BCUT2D eigenvalue weighted by molar-refractivity contribution is -0.134. The number of alkyl carbamates (subject to hydrolysis) is 1. The summed E-state index contributed by atoms with van der Waals surface area (Å²) in [5, 5.41) is 10.1. The molecule has 5 aromatic rings. The summed E-state index contributed by atoms with van der Waals surface area (Å²) < 4.78 is 12.2. The smallest absolute Gasteiger partial charge is 0.411 e. The first-order valence-corrected chi connectivity index (χ1v) is 17.8. The summed E-state index contributed by atoms with van der Waals surface area (Å²) in [6, 6.07) is 24.2. The Bertz CT molecular complexity index is 2020. The number of anilines is 3. The van der Waals surface area contributed by atoms with Gasteiger partial charge in [0.1, 0.15) is 18.5 Å². The number of hydrogen-bond acceptors (Lipinski definition) is 9. The largest absolute Gasteiger partial charge is 0.449 e. The third-order valence-electron chi connectivity index (χ3n) is 9.11. The maximum absolute atomic E-state index is 13.5. The van der Waals surface area contributed by atoms with Crippen LogP contribution in [0.1, 0.15) is 33.3 Å². The van der Waals surface area contributed by atoms with E-state index in [0.717, 1.165) is 27.9 Å². The van der Waals surface area contributed by atoms with Gasteiger partial charge in [0.05, 0.1) is 12.8 Å². The molecular formula is C40H46N8O5. The molecule has 0 saturated carbocycles. The van der Waals surface area contributed by atoms with Crippen LogP contribution in [-0.4, -0.2) is 76.4 Å². The van der Waals surface area contributed by atoms with Crippen molar-refractivity contribution in [2.75, 3.05) is 48.7 Å². The predicted molar refractivity (Wildman–Crippen MR) is 205 cm³/mol. The molecule has 2 aromatic heterocycles. The summed E-state index contributed by atoms with van der Waals surface area (Å²) in [4.78, 5) is 46.8. The van der Waals surface area contributed by atoms with Gasteiger partial charge in [-0.05, 0) is 52.8 Å². The molecule has 1 aliphatic heterocycles. The van der Waals surface area contributed by atoms with Crippen LogP contribution in [0, 0.1) is 11.8 Å². The molecule has 13 heteroatoms. The van der Waals surface area contributed by atoms with Crippen molar-refractivity contribution < 1.29 is 23.9 Å². The highest BCUT2D eigenvalue weighted by atomic mass is 16.6. The van der Waals surface area contributed by atoms with Gasteiger partial charge < -0.3 is 30.3 Å². The number of aromatic nitrogens is 3. The monoisotopic (exact) mass is 718 g/mol. The van der Waals surface area contributed by atoms with Crippen molar-refractivity contribution >= 4 is 40.9 Å². The number of nitrogen functional groups attached to an aromatic ring is 1. The molecule has 0 radical (unpaired) electrons. The van der Waals surface area contributed by atoms with Gasteiger partial charge in [0.15, 0.2) is 5.65 Å². The Morgan fingerprint density at radius 1 is 0.792 bits per heavy atom. The SMILES string of the molecule is CC(C)COC(=O)Nc1ccc(-c2cnc3c(-c4ccc(N5CCN(C(=O)[C@@H](NC(=O)OCc6ccccc6)C(C)C)CC5)cc4)cnn3c2N)cc1. The third-order valence-corrected chi connectivity index (χ3v) is 9.11. The lowest BCUT2D eigenvalue weighted by atomic mass is 10.0. The number of carbonyl (C=O) groups excluding carboxylic acids is 3. The molecule has 3 amide bonds. The second kappa shape index (κ2) is 16.5. The van der Waals surface area contributed by atoms with Gasteiger partial charge >= 0.3 is 12.2 Å². The van der Waals surface area contributed by atoms with Crippen LogP contribution in [0.15, 0.2) is 91.3 Å². The van der Waals surface area contributed by atoms with Gasteiger partial charge in [0.2, 0.25) is 5.91 Å². The molecule has 0 bridgehead atoms. The zero-order valence-corrected chi connectivity index (χ0v) is 30.5. The molecule has 0 unspecified atom stereocenters. The van der Waals surface area contributed by atoms with Gasteiger partial charge in [-0.1, -0.05) is 82.3 Å². The van der Waals surface area contributed by atoms with E-state index in [1.54, 1.807) is 29.0 Å². The Morgan fingerprint density at radius 3 is 2.11 bits per heavy atom. The van der Waals surface area contributed by atoms with Crippen LogP contribution in [0.5, 0.6) is 0 Å². The number of ether oxygens (including phenoxy) is 2. The first kappa shape index (κ1) is 36.7. The molecule has 276 valence electrons. The topological polar surface area (TPSA) is 156 Å². The fraction of sp³-hybridized carbons (Fsp3) is 0.325. The van der Waals surface area contributed by atoms with E-state index in [-0.39, 0.29) is 24.3 Å². The van der Waals surface area contributed by atoms with Crippen LogP contribution >= 0.6 is 0 Å². The van der Waals surface area contributed by atoms with E-state index in [9.17, 15) is 14.4 Å². The molecular weight excluding hydrogens is 672 g/mol.